The molecule has 0 saturated carbocycles. The first-order valence-corrected chi connectivity index (χ1v) is 9.49. The first-order chi connectivity index (χ1) is 14.0. The molecule has 0 atom stereocenters. The van der Waals surface area contributed by atoms with Gasteiger partial charge in [0.15, 0.2) is 16.5 Å². The van der Waals surface area contributed by atoms with E-state index < -0.39 is 0 Å². The highest BCUT2D eigenvalue weighted by Gasteiger charge is 2.18. The molecule has 3 rings (SSSR count). The lowest BCUT2D eigenvalue weighted by Gasteiger charge is -2.13. The molecule has 1 N–H and O–H groups in total. The van der Waals surface area contributed by atoms with Gasteiger partial charge in [-0.15, -0.1) is 10.2 Å². The third-order valence-corrected chi connectivity index (χ3v) is 4.78. The average molecular weight is 415 g/mol. The monoisotopic (exact) mass is 415 g/mol. The molecule has 8 nitrogen and oxygen atoms in total. The summed E-state index contributed by atoms with van der Waals surface area (Å²) in [4.78, 5) is 12.6. The molecule has 1 aromatic heterocycles. The molecule has 3 aromatic rings. The number of aryl methyl sites for hydroxylation is 1. The second-order valence-corrected chi connectivity index (χ2v) is 7.04. The van der Waals surface area contributed by atoms with Crippen LogP contribution in [0.15, 0.2) is 36.4 Å². The number of rotatable bonds is 8. The van der Waals surface area contributed by atoms with Gasteiger partial charge in [0, 0.05) is 5.56 Å². The molecule has 1 amide bonds. The van der Waals surface area contributed by atoms with E-state index in [2.05, 4.69) is 15.5 Å². The summed E-state index contributed by atoms with van der Waals surface area (Å²) in [5, 5.41) is 11.8. The number of benzene rings is 2. The Morgan fingerprint density at radius 1 is 1.03 bits per heavy atom. The third kappa shape index (κ3) is 4.94. The van der Waals surface area contributed by atoms with Crippen LogP contribution in [-0.4, -0.2) is 37.4 Å². The highest BCUT2D eigenvalue weighted by atomic mass is 32.1. The van der Waals surface area contributed by atoms with Gasteiger partial charge in [-0.3, -0.25) is 10.1 Å². The zero-order valence-electron chi connectivity index (χ0n) is 16.5. The molecule has 0 saturated heterocycles. The van der Waals surface area contributed by atoms with Crippen LogP contribution in [0.5, 0.6) is 23.0 Å². The second-order valence-electron chi connectivity index (χ2n) is 5.97. The molecular weight excluding hydrogens is 394 g/mol. The molecular formula is C20H21N3O5S. The van der Waals surface area contributed by atoms with Crippen LogP contribution in [0.25, 0.3) is 0 Å². The van der Waals surface area contributed by atoms with E-state index in [1.165, 1.54) is 32.7 Å². The number of hydrogen-bond donors (Lipinski definition) is 1. The Balaban J connectivity index is 1.68. The smallest absolute Gasteiger partial charge is 0.257 e. The van der Waals surface area contributed by atoms with Crippen molar-refractivity contribution < 1.29 is 23.7 Å². The van der Waals surface area contributed by atoms with Crippen LogP contribution in [0.1, 0.15) is 20.9 Å². The molecule has 29 heavy (non-hydrogen) atoms. The number of ether oxygens (including phenoxy) is 4. The predicted octanol–water partition coefficient (Wildman–Crippen LogP) is 3.70. The van der Waals surface area contributed by atoms with E-state index in [-0.39, 0.29) is 12.5 Å². The van der Waals surface area contributed by atoms with Crippen molar-refractivity contribution in [2.24, 2.45) is 0 Å². The molecule has 0 unspecified atom stereocenters. The van der Waals surface area contributed by atoms with Crippen molar-refractivity contribution in [1.29, 1.82) is 0 Å². The molecule has 0 aliphatic heterocycles. The Labute approximate surface area is 172 Å². The van der Waals surface area contributed by atoms with Gasteiger partial charge in [-0.25, -0.2) is 0 Å². The lowest BCUT2D eigenvalue weighted by molar-refractivity contribution is 0.102. The number of amides is 1. The van der Waals surface area contributed by atoms with Crippen LogP contribution < -0.4 is 24.3 Å². The Hall–Kier alpha value is -3.33. The van der Waals surface area contributed by atoms with E-state index >= 15 is 0 Å². The maximum atomic E-state index is 12.6. The quantitative estimate of drug-likeness (QED) is 0.600. The van der Waals surface area contributed by atoms with Crippen LogP contribution in [0.2, 0.25) is 0 Å². The molecule has 1 heterocycles. The van der Waals surface area contributed by atoms with Crippen LogP contribution in [0.4, 0.5) is 5.13 Å². The number of anilines is 1. The van der Waals surface area contributed by atoms with Gasteiger partial charge < -0.3 is 18.9 Å². The zero-order valence-corrected chi connectivity index (χ0v) is 17.3. The fourth-order valence-electron chi connectivity index (χ4n) is 2.59. The molecule has 0 aliphatic rings. The molecule has 152 valence electrons. The summed E-state index contributed by atoms with van der Waals surface area (Å²) in [6, 6.07) is 10.9. The number of hydrogen-bond acceptors (Lipinski definition) is 8. The number of nitrogens with one attached hydrogen (secondary N) is 1. The molecule has 0 bridgehead atoms. The predicted molar refractivity (Wildman–Crippen MR) is 109 cm³/mol. The highest BCUT2D eigenvalue weighted by Crippen LogP contribution is 2.38. The van der Waals surface area contributed by atoms with Crippen LogP contribution >= 0.6 is 11.3 Å². The van der Waals surface area contributed by atoms with Gasteiger partial charge in [0.05, 0.1) is 21.3 Å². The Kier molecular flexibility index (Phi) is 6.50. The number of aromatic nitrogens is 2. The number of methoxy groups -OCH3 is 3. The summed E-state index contributed by atoms with van der Waals surface area (Å²) in [5.41, 5.74) is 1.45. The average Bonchev–Trinajstić information content (AvgIpc) is 3.18. The lowest BCUT2D eigenvalue weighted by Crippen LogP contribution is -2.12. The van der Waals surface area contributed by atoms with Crippen molar-refractivity contribution in [2.45, 2.75) is 13.5 Å². The van der Waals surface area contributed by atoms with E-state index in [0.29, 0.717) is 33.0 Å². The molecule has 0 spiro atoms. The lowest BCUT2D eigenvalue weighted by atomic mass is 10.1. The van der Waals surface area contributed by atoms with Crippen LogP contribution in [0.3, 0.4) is 0 Å². The van der Waals surface area contributed by atoms with E-state index in [0.717, 1.165) is 11.3 Å². The van der Waals surface area contributed by atoms with Crippen LogP contribution in [-0.2, 0) is 6.61 Å². The van der Waals surface area contributed by atoms with Gasteiger partial charge in [0.25, 0.3) is 5.91 Å². The van der Waals surface area contributed by atoms with Crippen molar-refractivity contribution in [1.82, 2.24) is 10.2 Å². The minimum Gasteiger partial charge on any atom is -0.493 e. The fourth-order valence-corrected chi connectivity index (χ4v) is 3.24. The van der Waals surface area contributed by atoms with Gasteiger partial charge in [0.2, 0.25) is 10.9 Å². The normalized spacial score (nSPS) is 10.3. The summed E-state index contributed by atoms with van der Waals surface area (Å²) in [6.45, 7) is 2.26. The number of carbonyl (C=O) groups is 1. The van der Waals surface area contributed by atoms with E-state index in [1.807, 2.05) is 31.2 Å². The van der Waals surface area contributed by atoms with Crippen LogP contribution in [0, 0.1) is 6.92 Å². The maximum absolute atomic E-state index is 12.6. The SMILES string of the molecule is COc1cc(C(=O)Nc2nnc(COc3cccc(C)c3)s2)cc(OC)c1OC. The topological polar surface area (TPSA) is 91.8 Å². The molecule has 0 fully saturated rings. The third-order valence-electron chi connectivity index (χ3n) is 3.97. The van der Waals surface area contributed by atoms with Gasteiger partial charge >= 0.3 is 0 Å². The fraction of sp³-hybridized carbons (Fsp3) is 0.250. The summed E-state index contributed by atoms with van der Waals surface area (Å²) in [7, 11) is 4.48. The minimum atomic E-state index is -0.369. The Morgan fingerprint density at radius 3 is 2.38 bits per heavy atom. The maximum Gasteiger partial charge on any atom is 0.257 e. The molecule has 0 aliphatic carbocycles. The molecule has 9 heteroatoms. The summed E-state index contributed by atoms with van der Waals surface area (Å²) in [5.74, 6) is 1.58. The summed E-state index contributed by atoms with van der Waals surface area (Å²) in [6.07, 6.45) is 0. The zero-order chi connectivity index (χ0) is 20.8. The Bertz CT molecular complexity index is 980. The first-order valence-electron chi connectivity index (χ1n) is 8.67. The van der Waals surface area contributed by atoms with Gasteiger partial charge in [-0.1, -0.05) is 23.5 Å². The van der Waals surface area contributed by atoms with Gasteiger partial charge in [0.1, 0.15) is 12.4 Å². The standard InChI is InChI=1S/C20H21N3O5S/c1-12-6-5-7-14(8-12)28-11-17-22-23-20(29-17)21-19(24)13-9-15(25-2)18(27-4)16(10-13)26-3/h5-10H,11H2,1-4H3,(H,21,23,24). The number of carbonyl (C=O) groups excluding carboxylic acids is 1. The van der Waals surface area contributed by atoms with E-state index in [1.54, 1.807) is 12.1 Å². The van der Waals surface area contributed by atoms with Crippen molar-refractivity contribution in [3.05, 3.63) is 52.5 Å². The first kappa shape index (κ1) is 20.4. The summed E-state index contributed by atoms with van der Waals surface area (Å²) >= 11 is 1.24. The minimum absolute atomic E-state index is 0.265. The van der Waals surface area contributed by atoms with E-state index in [9.17, 15) is 4.79 Å². The molecule has 2 aromatic carbocycles. The second kappa shape index (κ2) is 9.24. The molecule has 0 radical (unpaired) electrons. The van der Waals surface area contributed by atoms with Crippen molar-refractivity contribution >= 4 is 22.4 Å². The van der Waals surface area contributed by atoms with Gasteiger partial charge in [-0.05, 0) is 36.8 Å². The Morgan fingerprint density at radius 2 is 1.76 bits per heavy atom. The van der Waals surface area contributed by atoms with Crippen molar-refractivity contribution in [3.63, 3.8) is 0 Å². The van der Waals surface area contributed by atoms with E-state index in [4.69, 9.17) is 18.9 Å². The number of nitrogens with zero attached hydrogens (tertiary/aromatic N) is 2. The van der Waals surface area contributed by atoms with Crippen molar-refractivity contribution in [3.8, 4) is 23.0 Å². The van der Waals surface area contributed by atoms with Crippen molar-refractivity contribution in [2.75, 3.05) is 26.6 Å². The van der Waals surface area contributed by atoms with Gasteiger partial charge in [-0.2, -0.15) is 0 Å². The summed E-state index contributed by atoms with van der Waals surface area (Å²) < 4.78 is 21.5. The highest BCUT2D eigenvalue weighted by molar-refractivity contribution is 7.15. The largest absolute Gasteiger partial charge is 0.493 e.